The molecule has 1 heterocycles. The van der Waals surface area contributed by atoms with Gasteiger partial charge in [0.05, 0.1) is 24.0 Å². The molecule has 2 aromatic carbocycles. The molecule has 0 atom stereocenters. The number of nitrogens with zero attached hydrogens (tertiary/aromatic N) is 2. The van der Waals surface area contributed by atoms with E-state index in [0.717, 1.165) is 0 Å². The summed E-state index contributed by atoms with van der Waals surface area (Å²) in [5.41, 5.74) is 1.44. The van der Waals surface area contributed by atoms with E-state index >= 15 is 0 Å². The first-order valence-electron chi connectivity index (χ1n) is 9.43. The lowest BCUT2D eigenvalue weighted by molar-refractivity contribution is -0.131. The molecule has 0 spiro atoms. The van der Waals surface area contributed by atoms with Crippen LogP contribution in [0.3, 0.4) is 0 Å². The zero-order valence-corrected chi connectivity index (χ0v) is 17.6. The van der Waals surface area contributed by atoms with Gasteiger partial charge in [0.2, 0.25) is 15.9 Å². The summed E-state index contributed by atoms with van der Waals surface area (Å²) < 4.78 is 45.1. The van der Waals surface area contributed by atoms with E-state index in [1.807, 2.05) is 0 Å². The zero-order valence-electron chi connectivity index (χ0n) is 16.8. The highest BCUT2D eigenvalue weighted by atomic mass is 32.2. The van der Waals surface area contributed by atoms with Crippen molar-refractivity contribution in [3.8, 4) is 0 Å². The molecule has 1 amide bonds. The van der Waals surface area contributed by atoms with Gasteiger partial charge < -0.3 is 9.64 Å². The van der Waals surface area contributed by atoms with Crippen LogP contribution in [0.1, 0.15) is 21.5 Å². The largest absolute Gasteiger partial charge is 0.465 e. The summed E-state index contributed by atoms with van der Waals surface area (Å²) >= 11 is 0. The Morgan fingerprint density at radius 2 is 1.67 bits per heavy atom. The molecule has 1 fully saturated rings. The van der Waals surface area contributed by atoms with Crippen molar-refractivity contribution < 1.29 is 27.1 Å². The van der Waals surface area contributed by atoms with Gasteiger partial charge in [-0.25, -0.2) is 17.6 Å². The standard InChI is InChI=1S/C21H23FN2O5S/c1-15-13-17(21(26)29-2)5-8-19(15)30(27,28)24-11-9-23(10-12-24)20(25)14-16-3-6-18(22)7-4-16/h3-8,13H,9-12,14H2,1-2H3. The Morgan fingerprint density at radius 3 is 2.23 bits per heavy atom. The van der Waals surface area contributed by atoms with Gasteiger partial charge in [0.15, 0.2) is 0 Å². The number of sulfonamides is 1. The van der Waals surface area contributed by atoms with E-state index in [9.17, 15) is 22.4 Å². The molecule has 9 heteroatoms. The number of carbonyl (C=O) groups is 2. The molecule has 0 aromatic heterocycles. The van der Waals surface area contributed by atoms with Crippen molar-refractivity contribution in [2.45, 2.75) is 18.2 Å². The minimum atomic E-state index is -3.75. The molecule has 0 N–H and O–H groups in total. The fourth-order valence-corrected chi connectivity index (χ4v) is 5.02. The first-order chi connectivity index (χ1) is 14.2. The van der Waals surface area contributed by atoms with Gasteiger partial charge in [-0.05, 0) is 48.4 Å². The Bertz CT molecular complexity index is 1050. The first kappa shape index (κ1) is 21.9. The SMILES string of the molecule is COC(=O)c1ccc(S(=O)(=O)N2CCN(C(=O)Cc3ccc(F)cc3)CC2)c(C)c1. The molecule has 3 rings (SSSR count). The second-order valence-corrected chi connectivity index (χ2v) is 8.97. The number of halogens is 1. The van der Waals surface area contributed by atoms with Gasteiger partial charge in [-0.3, -0.25) is 4.79 Å². The molecule has 160 valence electrons. The van der Waals surface area contributed by atoms with Gasteiger partial charge >= 0.3 is 5.97 Å². The van der Waals surface area contributed by atoms with Crippen LogP contribution in [-0.2, 0) is 26.0 Å². The lowest BCUT2D eigenvalue weighted by Gasteiger charge is -2.34. The molecule has 1 saturated heterocycles. The fourth-order valence-electron chi connectivity index (χ4n) is 3.39. The maximum atomic E-state index is 13.0. The van der Waals surface area contributed by atoms with Crippen molar-refractivity contribution in [3.05, 3.63) is 65.0 Å². The van der Waals surface area contributed by atoms with E-state index < -0.39 is 16.0 Å². The van der Waals surface area contributed by atoms with Crippen molar-refractivity contribution in [3.63, 3.8) is 0 Å². The van der Waals surface area contributed by atoms with E-state index in [0.29, 0.717) is 11.1 Å². The van der Waals surface area contributed by atoms with Crippen molar-refractivity contribution in [1.29, 1.82) is 0 Å². The monoisotopic (exact) mass is 434 g/mol. The lowest BCUT2D eigenvalue weighted by atomic mass is 10.1. The highest BCUT2D eigenvalue weighted by molar-refractivity contribution is 7.89. The molecule has 30 heavy (non-hydrogen) atoms. The minimum Gasteiger partial charge on any atom is -0.465 e. The molecule has 1 aliphatic rings. The molecular formula is C21H23FN2O5S. The summed E-state index contributed by atoms with van der Waals surface area (Å²) in [6, 6.07) is 10.1. The molecule has 0 aliphatic carbocycles. The van der Waals surface area contributed by atoms with Crippen LogP contribution in [0.5, 0.6) is 0 Å². The number of benzene rings is 2. The molecule has 0 unspecified atom stereocenters. The normalized spacial score (nSPS) is 15.1. The topological polar surface area (TPSA) is 84.0 Å². The van der Waals surface area contributed by atoms with Crippen LogP contribution >= 0.6 is 0 Å². The van der Waals surface area contributed by atoms with Crippen LogP contribution in [-0.4, -0.2) is 62.8 Å². The average Bonchev–Trinajstić information content (AvgIpc) is 2.74. The van der Waals surface area contributed by atoms with Crippen molar-refractivity contribution >= 4 is 21.9 Å². The number of hydrogen-bond donors (Lipinski definition) is 0. The zero-order chi connectivity index (χ0) is 21.9. The fraction of sp³-hybridized carbons (Fsp3) is 0.333. The summed E-state index contributed by atoms with van der Waals surface area (Å²) in [5.74, 6) is -1.02. The molecular weight excluding hydrogens is 411 g/mol. The smallest absolute Gasteiger partial charge is 0.337 e. The molecule has 0 saturated carbocycles. The third kappa shape index (κ3) is 4.68. The highest BCUT2D eigenvalue weighted by Gasteiger charge is 2.31. The summed E-state index contributed by atoms with van der Waals surface area (Å²) in [6.07, 6.45) is 0.140. The van der Waals surface area contributed by atoms with E-state index in [-0.39, 0.29) is 54.8 Å². The summed E-state index contributed by atoms with van der Waals surface area (Å²) in [6.45, 7) is 2.53. The quantitative estimate of drug-likeness (QED) is 0.672. The Kier molecular flexibility index (Phi) is 6.52. The second-order valence-electron chi connectivity index (χ2n) is 7.06. The van der Waals surface area contributed by atoms with Gasteiger partial charge in [0.1, 0.15) is 5.82 Å². The third-order valence-corrected chi connectivity index (χ3v) is 7.13. The van der Waals surface area contributed by atoms with Crippen LogP contribution in [0.4, 0.5) is 4.39 Å². The Hall–Kier alpha value is -2.78. The summed E-state index contributed by atoms with van der Waals surface area (Å²) in [4.78, 5) is 25.9. The second kappa shape index (κ2) is 8.93. The number of hydrogen-bond acceptors (Lipinski definition) is 5. The number of methoxy groups -OCH3 is 1. The first-order valence-corrected chi connectivity index (χ1v) is 10.9. The number of rotatable bonds is 5. The highest BCUT2D eigenvalue weighted by Crippen LogP contribution is 2.23. The Morgan fingerprint density at radius 1 is 1.03 bits per heavy atom. The van der Waals surface area contributed by atoms with Crippen molar-refractivity contribution in [2.24, 2.45) is 0 Å². The van der Waals surface area contributed by atoms with Crippen molar-refractivity contribution in [1.82, 2.24) is 9.21 Å². The number of aryl methyl sites for hydroxylation is 1. The number of ether oxygens (including phenoxy) is 1. The molecule has 2 aromatic rings. The lowest BCUT2D eigenvalue weighted by Crippen LogP contribution is -2.50. The molecule has 1 aliphatic heterocycles. The van der Waals surface area contributed by atoms with Gasteiger partial charge in [-0.2, -0.15) is 4.31 Å². The maximum absolute atomic E-state index is 13.0. The minimum absolute atomic E-state index is 0.126. The third-order valence-electron chi connectivity index (χ3n) is 5.07. The maximum Gasteiger partial charge on any atom is 0.337 e. The Labute approximate surface area is 175 Å². The summed E-state index contributed by atoms with van der Waals surface area (Å²) in [7, 11) is -2.49. The van der Waals surface area contributed by atoms with Crippen LogP contribution in [0.15, 0.2) is 47.4 Å². The van der Waals surface area contributed by atoms with E-state index in [1.54, 1.807) is 24.0 Å². The average molecular weight is 434 g/mol. The van der Waals surface area contributed by atoms with Gasteiger partial charge in [-0.15, -0.1) is 0 Å². The van der Waals surface area contributed by atoms with Crippen LogP contribution < -0.4 is 0 Å². The molecule has 0 bridgehead atoms. The summed E-state index contributed by atoms with van der Waals surface area (Å²) in [5, 5.41) is 0. The van der Waals surface area contributed by atoms with E-state index in [1.165, 1.54) is 41.7 Å². The van der Waals surface area contributed by atoms with Crippen LogP contribution in [0.2, 0.25) is 0 Å². The molecule has 0 radical (unpaired) electrons. The molecule has 7 nitrogen and oxygen atoms in total. The van der Waals surface area contributed by atoms with Crippen LogP contribution in [0.25, 0.3) is 0 Å². The number of carbonyl (C=O) groups excluding carboxylic acids is 2. The predicted octanol–water partition coefficient (Wildman–Crippen LogP) is 2.00. The van der Waals surface area contributed by atoms with E-state index in [2.05, 4.69) is 4.74 Å². The van der Waals surface area contributed by atoms with E-state index in [4.69, 9.17) is 0 Å². The number of piperazine rings is 1. The Balaban J connectivity index is 1.65. The van der Waals surface area contributed by atoms with Gasteiger partial charge in [-0.1, -0.05) is 12.1 Å². The number of amides is 1. The van der Waals surface area contributed by atoms with Crippen molar-refractivity contribution in [2.75, 3.05) is 33.3 Å². The van der Waals surface area contributed by atoms with Crippen LogP contribution in [0, 0.1) is 12.7 Å². The number of esters is 1. The van der Waals surface area contributed by atoms with Gasteiger partial charge in [0, 0.05) is 26.2 Å². The predicted molar refractivity (Wildman–Crippen MR) is 108 cm³/mol. The van der Waals surface area contributed by atoms with Gasteiger partial charge in [0.25, 0.3) is 0 Å².